The first-order valence-corrected chi connectivity index (χ1v) is 10.4. The van der Waals surface area contributed by atoms with Crippen LogP contribution in [0.5, 0.6) is 0 Å². The number of likely N-dealkylation sites (N-methyl/N-ethyl adjacent to an activating group) is 1. The van der Waals surface area contributed by atoms with E-state index in [0.29, 0.717) is 17.3 Å². The smallest absolute Gasteiger partial charge is 0.238 e. The molecule has 156 valence electrons. The zero-order valence-electron chi connectivity index (χ0n) is 17.6. The van der Waals surface area contributed by atoms with E-state index in [1.54, 1.807) is 12.1 Å². The number of nitrogens with one attached hydrogen (secondary N) is 2. The molecule has 2 N–H and O–H groups in total. The van der Waals surface area contributed by atoms with Gasteiger partial charge in [-0.25, -0.2) is 0 Å². The molecule has 2 aromatic carbocycles. The molecule has 0 atom stereocenters. The van der Waals surface area contributed by atoms with Crippen LogP contribution in [0.3, 0.4) is 0 Å². The van der Waals surface area contributed by atoms with Gasteiger partial charge in [-0.05, 0) is 55.1 Å². The number of nitrogens with zero attached hydrogens (tertiary/aromatic N) is 1. The molecule has 0 aliphatic heterocycles. The number of amides is 2. The van der Waals surface area contributed by atoms with E-state index in [-0.39, 0.29) is 24.9 Å². The first-order chi connectivity index (χ1) is 13.9. The Hall–Kier alpha value is -2.37. The lowest BCUT2D eigenvalue weighted by molar-refractivity contribution is -0.119. The molecular formula is C23H30ClN3O2. The molecule has 0 fully saturated rings. The average Bonchev–Trinajstić information content (AvgIpc) is 2.70. The normalized spacial score (nSPS) is 10.8. The average molecular weight is 416 g/mol. The summed E-state index contributed by atoms with van der Waals surface area (Å²) in [5.41, 5.74) is 4.77. The van der Waals surface area contributed by atoms with Gasteiger partial charge in [-0.2, -0.15) is 0 Å². The maximum absolute atomic E-state index is 12.7. The van der Waals surface area contributed by atoms with Gasteiger partial charge >= 0.3 is 0 Å². The summed E-state index contributed by atoms with van der Waals surface area (Å²) in [6.07, 6.45) is 1.70. The number of hydrogen-bond donors (Lipinski definition) is 2. The number of rotatable bonds is 9. The lowest BCUT2D eigenvalue weighted by atomic mass is 10.0. The molecule has 0 saturated carbocycles. The Morgan fingerprint density at radius 2 is 1.52 bits per heavy atom. The van der Waals surface area contributed by atoms with E-state index in [2.05, 4.69) is 24.5 Å². The van der Waals surface area contributed by atoms with Crippen LogP contribution in [0.1, 0.15) is 37.5 Å². The molecular weight excluding hydrogens is 386 g/mol. The lowest BCUT2D eigenvalue weighted by Gasteiger charge is -2.21. The van der Waals surface area contributed by atoms with Crippen LogP contribution in [0.25, 0.3) is 0 Å². The summed E-state index contributed by atoms with van der Waals surface area (Å²) < 4.78 is 0. The fourth-order valence-corrected chi connectivity index (χ4v) is 3.36. The monoisotopic (exact) mass is 415 g/mol. The molecule has 5 nitrogen and oxygen atoms in total. The third kappa shape index (κ3) is 6.58. The Balaban J connectivity index is 2.00. The van der Waals surface area contributed by atoms with Crippen LogP contribution in [-0.4, -0.2) is 36.3 Å². The quantitative estimate of drug-likeness (QED) is 0.625. The molecule has 0 aromatic heterocycles. The fourth-order valence-electron chi connectivity index (χ4n) is 3.19. The molecule has 0 radical (unpaired) electrons. The second-order valence-electron chi connectivity index (χ2n) is 7.02. The molecule has 0 spiro atoms. The van der Waals surface area contributed by atoms with Crippen molar-refractivity contribution in [2.45, 2.75) is 40.5 Å². The predicted molar refractivity (Wildman–Crippen MR) is 121 cm³/mol. The molecule has 6 heteroatoms. The van der Waals surface area contributed by atoms with Crippen molar-refractivity contribution in [1.29, 1.82) is 0 Å². The summed E-state index contributed by atoms with van der Waals surface area (Å²) in [5.74, 6) is -0.289. The largest absolute Gasteiger partial charge is 0.325 e. The van der Waals surface area contributed by atoms with Crippen LogP contribution in [0.4, 0.5) is 11.4 Å². The van der Waals surface area contributed by atoms with Gasteiger partial charge in [-0.15, -0.1) is 0 Å². The van der Waals surface area contributed by atoms with Crippen molar-refractivity contribution in [3.8, 4) is 0 Å². The highest BCUT2D eigenvalue weighted by molar-refractivity contribution is 6.31. The van der Waals surface area contributed by atoms with Gasteiger partial charge in [0.25, 0.3) is 0 Å². The summed E-state index contributed by atoms with van der Waals surface area (Å²) in [4.78, 5) is 26.9. The van der Waals surface area contributed by atoms with Gasteiger partial charge in [0.1, 0.15) is 0 Å². The minimum Gasteiger partial charge on any atom is -0.325 e. The summed E-state index contributed by atoms with van der Waals surface area (Å²) in [6, 6.07) is 11.5. The molecule has 29 heavy (non-hydrogen) atoms. The van der Waals surface area contributed by atoms with E-state index < -0.39 is 0 Å². The van der Waals surface area contributed by atoms with Gasteiger partial charge in [0.15, 0.2) is 0 Å². The minimum absolute atomic E-state index is 0.116. The second-order valence-corrected chi connectivity index (χ2v) is 7.45. The van der Waals surface area contributed by atoms with Crippen LogP contribution in [-0.2, 0) is 22.4 Å². The van der Waals surface area contributed by atoms with Crippen molar-refractivity contribution >= 4 is 34.8 Å². The number of carbonyl (C=O) groups excluding carboxylic acids is 2. The number of para-hydroxylation sites is 1. The van der Waals surface area contributed by atoms with Gasteiger partial charge in [0.05, 0.1) is 13.1 Å². The van der Waals surface area contributed by atoms with Crippen LogP contribution < -0.4 is 10.6 Å². The Kier molecular flexibility index (Phi) is 8.68. The Morgan fingerprint density at radius 1 is 0.931 bits per heavy atom. The molecule has 0 bridgehead atoms. The molecule has 2 amide bonds. The zero-order valence-corrected chi connectivity index (χ0v) is 18.4. The number of halogens is 1. The summed E-state index contributed by atoms with van der Waals surface area (Å²) in [6.45, 7) is 8.86. The van der Waals surface area contributed by atoms with Crippen LogP contribution in [0.15, 0.2) is 36.4 Å². The molecule has 0 unspecified atom stereocenters. The molecule has 0 aliphatic carbocycles. The van der Waals surface area contributed by atoms with E-state index in [1.165, 1.54) is 0 Å². The second kappa shape index (κ2) is 11.0. The van der Waals surface area contributed by atoms with Gasteiger partial charge < -0.3 is 10.6 Å². The van der Waals surface area contributed by atoms with Gasteiger partial charge in [-0.3, -0.25) is 14.5 Å². The fraction of sp³-hybridized carbons (Fsp3) is 0.391. The Morgan fingerprint density at radius 3 is 2.07 bits per heavy atom. The number of anilines is 2. The third-order valence-corrected chi connectivity index (χ3v) is 5.15. The van der Waals surface area contributed by atoms with Gasteiger partial charge in [0, 0.05) is 16.4 Å². The highest BCUT2D eigenvalue weighted by Crippen LogP contribution is 2.23. The number of hydrogen-bond acceptors (Lipinski definition) is 3. The van der Waals surface area contributed by atoms with Crippen molar-refractivity contribution in [2.24, 2.45) is 0 Å². The van der Waals surface area contributed by atoms with Gasteiger partial charge in [-0.1, -0.05) is 56.6 Å². The molecule has 0 aliphatic rings. The van der Waals surface area contributed by atoms with Crippen LogP contribution in [0, 0.1) is 6.92 Å². The van der Waals surface area contributed by atoms with Crippen molar-refractivity contribution < 1.29 is 9.59 Å². The molecule has 2 rings (SSSR count). The molecule has 0 heterocycles. The van der Waals surface area contributed by atoms with E-state index in [9.17, 15) is 9.59 Å². The zero-order chi connectivity index (χ0) is 21.4. The first kappa shape index (κ1) is 22.9. The maximum Gasteiger partial charge on any atom is 0.238 e. The van der Waals surface area contributed by atoms with Crippen molar-refractivity contribution in [2.75, 3.05) is 30.3 Å². The standard InChI is InChI=1S/C23H30ClN3O2/c1-5-17-9-8-10-18(6-2)23(17)26-22(29)15-27(7-3)14-21(28)25-20-13-19(24)12-11-16(20)4/h8-13H,5-7,14-15H2,1-4H3,(H,25,28)(H,26,29). The maximum atomic E-state index is 12.7. The van der Waals surface area contributed by atoms with Crippen molar-refractivity contribution in [1.82, 2.24) is 4.90 Å². The predicted octanol–water partition coefficient (Wildman–Crippen LogP) is 4.67. The third-order valence-electron chi connectivity index (χ3n) is 4.92. The highest BCUT2D eigenvalue weighted by Gasteiger charge is 2.16. The van der Waals surface area contributed by atoms with Crippen LogP contribution >= 0.6 is 11.6 Å². The van der Waals surface area contributed by atoms with Crippen LogP contribution in [0.2, 0.25) is 5.02 Å². The van der Waals surface area contributed by atoms with E-state index in [1.807, 2.05) is 43.0 Å². The Bertz CT molecular complexity index is 845. The van der Waals surface area contributed by atoms with Gasteiger partial charge in [0.2, 0.25) is 11.8 Å². The summed E-state index contributed by atoms with van der Waals surface area (Å²) >= 11 is 6.01. The number of carbonyl (C=O) groups is 2. The summed E-state index contributed by atoms with van der Waals surface area (Å²) in [5, 5.41) is 6.50. The minimum atomic E-state index is -0.173. The number of aryl methyl sites for hydroxylation is 3. The van der Waals surface area contributed by atoms with E-state index in [0.717, 1.165) is 35.2 Å². The lowest BCUT2D eigenvalue weighted by Crippen LogP contribution is -2.39. The van der Waals surface area contributed by atoms with Crippen molar-refractivity contribution in [3.63, 3.8) is 0 Å². The summed E-state index contributed by atoms with van der Waals surface area (Å²) in [7, 11) is 0. The number of benzene rings is 2. The molecule has 0 saturated heterocycles. The first-order valence-electron chi connectivity index (χ1n) is 10.1. The molecule has 2 aromatic rings. The SMILES string of the molecule is CCc1cccc(CC)c1NC(=O)CN(CC)CC(=O)Nc1cc(Cl)ccc1C. The van der Waals surface area contributed by atoms with Crippen molar-refractivity contribution in [3.05, 3.63) is 58.1 Å². The highest BCUT2D eigenvalue weighted by atomic mass is 35.5. The topological polar surface area (TPSA) is 61.4 Å². The van der Waals surface area contributed by atoms with E-state index >= 15 is 0 Å². The Labute approximate surface area is 178 Å². The van der Waals surface area contributed by atoms with E-state index in [4.69, 9.17) is 11.6 Å².